The fourth-order valence-electron chi connectivity index (χ4n) is 1.77. The van der Waals surface area contributed by atoms with Crippen molar-refractivity contribution in [1.29, 1.82) is 0 Å². The first kappa shape index (κ1) is 14.9. The molecule has 0 atom stereocenters. The van der Waals surface area contributed by atoms with Crippen LogP contribution in [0.15, 0.2) is 51.8 Å². The molecule has 0 amide bonds. The van der Waals surface area contributed by atoms with Crippen LogP contribution >= 0.6 is 27.7 Å². The van der Waals surface area contributed by atoms with Crippen molar-refractivity contribution in [2.24, 2.45) is 0 Å². The Bertz CT molecular complexity index is 634. The van der Waals surface area contributed by atoms with E-state index >= 15 is 0 Å². The number of nitro benzene ring substituents is 1. The lowest BCUT2D eigenvalue weighted by molar-refractivity contribution is -0.385. The third-order valence-corrected chi connectivity index (χ3v) is 4.45. The first-order chi connectivity index (χ1) is 9.61. The van der Waals surface area contributed by atoms with Gasteiger partial charge in [-0.15, -0.1) is 11.8 Å². The van der Waals surface area contributed by atoms with Crippen LogP contribution in [0.1, 0.15) is 5.56 Å². The van der Waals surface area contributed by atoms with Crippen molar-refractivity contribution in [3.8, 4) is 0 Å². The molecule has 0 aromatic heterocycles. The summed E-state index contributed by atoms with van der Waals surface area (Å²) in [6, 6.07) is 13.1. The molecule has 2 aromatic carbocycles. The zero-order valence-electron chi connectivity index (χ0n) is 10.8. The number of nitrogens with one attached hydrogen (secondary N) is 1. The lowest BCUT2D eigenvalue weighted by Gasteiger charge is -2.09. The normalized spacial score (nSPS) is 10.3. The molecule has 1 N–H and O–H groups in total. The summed E-state index contributed by atoms with van der Waals surface area (Å²) in [6.07, 6.45) is 2.02. The zero-order chi connectivity index (χ0) is 14.5. The molecule has 2 rings (SSSR count). The third kappa shape index (κ3) is 3.52. The predicted octanol–water partition coefficient (Wildman–Crippen LogP) is 4.69. The molecular formula is C14H13BrN2O2S. The number of rotatable bonds is 5. The lowest BCUT2D eigenvalue weighted by Crippen LogP contribution is -2.01. The molecule has 4 nitrogen and oxygen atoms in total. The second kappa shape index (κ2) is 6.76. The van der Waals surface area contributed by atoms with E-state index in [2.05, 4.69) is 27.3 Å². The van der Waals surface area contributed by atoms with Crippen molar-refractivity contribution in [3.05, 3.63) is 62.6 Å². The van der Waals surface area contributed by atoms with Crippen molar-refractivity contribution in [2.45, 2.75) is 11.4 Å². The highest BCUT2D eigenvalue weighted by molar-refractivity contribution is 9.10. The van der Waals surface area contributed by atoms with E-state index in [1.807, 2.05) is 30.5 Å². The first-order valence-electron chi connectivity index (χ1n) is 5.91. The molecule has 104 valence electrons. The fraction of sp³-hybridized carbons (Fsp3) is 0.143. The number of nitrogens with zero attached hydrogens (tertiary/aromatic N) is 1. The molecule has 0 aliphatic heterocycles. The van der Waals surface area contributed by atoms with Crippen LogP contribution in [0, 0.1) is 10.1 Å². The summed E-state index contributed by atoms with van der Waals surface area (Å²) in [6.45, 7) is 0.528. The van der Waals surface area contributed by atoms with Gasteiger partial charge in [-0.05, 0) is 45.9 Å². The number of nitro groups is 1. The minimum atomic E-state index is -0.387. The molecule has 0 aliphatic carbocycles. The second-order valence-electron chi connectivity index (χ2n) is 4.09. The number of anilines is 1. The van der Waals surface area contributed by atoms with Gasteiger partial charge in [-0.1, -0.05) is 18.2 Å². The monoisotopic (exact) mass is 352 g/mol. The smallest absolute Gasteiger partial charge is 0.283 e. The van der Waals surface area contributed by atoms with Gasteiger partial charge in [0.05, 0.1) is 4.92 Å². The van der Waals surface area contributed by atoms with Crippen molar-refractivity contribution in [3.63, 3.8) is 0 Å². The van der Waals surface area contributed by atoms with Gasteiger partial charge in [0.15, 0.2) is 0 Å². The van der Waals surface area contributed by atoms with Crippen LogP contribution in [-0.2, 0) is 6.54 Å². The molecule has 0 heterocycles. The van der Waals surface area contributed by atoms with Gasteiger partial charge in [0.1, 0.15) is 4.47 Å². The van der Waals surface area contributed by atoms with E-state index in [0.29, 0.717) is 11.0 Å². The highest BCUT2D eigenvalue weighted by Crippen LogP contribution is 2.29. The molecule has 0 bridgehead atoms. The Labute approximate surface area is 129 Å². The average Bonchev–Trinajstić information content (AvgIpc) is 2.46. The van der Waals surface area contributed by atoms with Crippen molar-refractivity contribution in [1.82, 2.24) is 0 Å². The average molecular weight is 353 g/mol. The predicted molar refractivity (Wildman–Crippen MR) is 86.3 cm³/mol. The minimum Gasteiger partial charge on any atom is -0.381 e. The summed E-state index contributed by atoms with van der Waals surface area (Å²) in [5.41, 5.74) is 1.94. The first-order valence-corrected chi connectivity index (χ1v) is 7.93. The van der Waals surface area contributed by atoms with E-state index in [1.54, 1.807) is 17.8 Å². The lowest BCUT2D eigenvalue weighted by atomic mass is 10.2. The molecule has 2 aromatic rings. The Hall–Kier alpha value is -1.53. The summed E-state index contributed by atoms with van der Waals surface area (Å²) < 4.78 is 0.526. The van der Waals surface area contributed by atoms with E-state index in [0.717, 1.165) is 11.3 Å². The molecule has 0 aliphatic rings. The topological polar surface area (TPSA) is 55.2 Å². The Balaban J connectivity index is 2.14. The maximum absolute atomic E-state index is 10.9. The Morgan fingerprint density at radius 1 is 1.30 bits per heavy atom. The summed E-state index contributed by atoms with van der Waals surface area (Å²) in [7, 11) is 0. The molecule has 6 heteroatoms. The van der Waals surface area contributed by atoms with E-state index in [1.165, 1.54) is 11.0 Å². The van der Waals surface area contributed by atoms with Gasteiger partial charge in [0.2, 0.25) is 0 Å². The van der Waals surface area contributed by atoms with Gasteiger partial charge >= 0.3 is 0 Å². The molecule has 0 spiro atoms. The molecular weight excluding hydrogens is 340 g/mol. The van der Waals surface area contributed by atoms with Gasteiger partial charge in [0, 0.05) is 23.2 Å². The molecule has 0 radical (unpaired) electrons. The van der Waals surface area contributed by atoms with Crippen molar-refractivity contribution >= 4 is 39.1 Å². The Kier molecular flexibility index (Phi) is 5.03. The number of halogens is 1. The Morgan fingerprint density at radius 2 is 2.05 bits per heavy atom. The second-order valence-corrected chi connectivity index (χ2v) is 5.77. The van der Waals surface area contributed by atoms with Gasteiger partial charge in [0.25, 0.3) is 5.69 Å². The molecule has 0 saturated carbocycles. The quantitative estimate of drug-likeness (QED) is 0.481. The van der Waals surface area contributed by atoms with Crippen LogP contribution in [0.5, 0.6) is 0 Å². The third-order valence-electron chi connectivity index (χ3n) is 2.81. The van der Waals surface area contributed by atoms with E-state index in [4.69, 9.17) is 0 Å². The minimum absolute atomic E-state index is 0.0853. The Morgan fingerprint density at radius 3 is 2.75 bits per heavy atom. The van der Waals surface area contributed by atoms with Crippen LogP contribution < -0.4 is 5.32 Å². The number of thioether (sulfide) groups is 1. The maximum Gasteiger partial charge on any atom is 0.283 e. The van der Waals surface area contributed by atoms with Crippen molar-refractivity contribution in [2.75, 3.05) is 11.6 Å². The highest BCUT2D eigenvalue weighted by atomic mass is 79.9. The summed E-state index contributed by atoms with van der Waals surface area (Å²) in [5, 5.41) is 14.2. The highest BCUT2D eigenvalue weighted by Gasteiger charge is 2.14. The number of hydrogen-bond donors (Lipinski definition) is 1. The molecule has 0 saturated heterocycles. The van der Waals surface area contributed by atoms with Crippen LogP contribution in [0.25, 0.3) is 0 Å². The molecule has 0 fully saturated rings. The fourth-order valence-corrected chi connectivity index (χ4v) is 2.78. The standard InChI is InChI=1S/C14H13BrN2O2S/c1-20-12-6-3-5-11(8-12)16-9-10-4-2-7-13(14(10)15)17(18)19/h2-8,16H,9H2,1H3. The number of hydrogen-bond acceptors (Lipinski definition) is 4. The van der Waals surface area contributed by atoms with E-state index in [-0.39, 0.29) is 10.6 Å². The van der Waals surface area contributed by atoms with Crippen LogP contribution in [-0.4, -0.2) is 11.2 Å². The van der Waals surface area contributed by atoms with Gasteiger partial charge in [-0.3, -0.25) is 10.1 Å². The summed E-state index contributed by atoms with van der Waals surface area (Å²) in [4.78, 5) is 11.7. The molecule has 0 unspecified atom stereocenters. The van der Waals surface area contributed by atoms with Crippen LogP contribution in [0.2, 0.25) is 0 Å². The largest absolute Gasteiger partial charge is 0.381 e. The van der Waals surface area contributed by atoms with Crippen molar-refractivity contribution < 1.29 is 4.92 Å². The van der Waals surface area contributed by atoms with E-state index < -0.39 is 0 Å². The van der Waals surface area contributed by atoms with Gasteiger partial charge in [-0.2, -0.15) is 0 Å². The summed E-state index contributed by atoms with van der Waals surface area (Å²) >= 11 is 4.97. The SMILES string of the molecule is CSc1cccc(NCc2cccc([N+](=O)[O-])c2Br)c1. The number of benzene rings is 2. The van der Waals surface area contributed by atoms with E-state index in [9.17, 15) is 10.1 Å². The van der Waals surface area contributed by atoms with Gasteiger partial charge < -0.3 is 5.32 Å². The van der Waals surface area contributed by atoms with Crippen LogP contribution in [0.4, 0.5) is 11.4 Å². The van der Waals surface area contributed by atoms with Gasteiger partial charge in [-0.25, -0.2) is 0 Å². The molecule has 20 heavy (non-hydrogen) atoms. The maximum atomic E-state index is 10.9. The van der Waals surface area contributed by atoms with Crippen LogP contribution in [0.3, 0.4) is 0 Å². The zero-order valence-corrected chi connectivity index (χ0v) is 13.2. The summed E-state index contributed by atoms with van der Waals surface area (Å²) in [5.74, 6) is 0.